The molecule has 2 bridgehead atoms. The van der Waals surface area contributed by atoms with Gasteiger partial charge in [0.15, 0.2) is 0 Å². The molecule has 2 fully saturated rings. The third kappa shape index (κ3) is 4.84. The van der Waals surface area contributed by atoms with Gasteiger partial charge in [0.25, 0.3) is 0 Å². The normalized spacial score (nSPS) is 28.7. The Morgan fingerprint density at radius 1 is 1.24 bits per heavy atom. The van der Waals surface area contributed by atoms with Crippen molar-refractivity contribution in [1.29, 1.82) is 0 Å². The van der Waals surface area contributed by atoms with Gasteiger partial charge in [-0.1, -0.05) is 27.4 Å². The van der Waals surface area contributed by atoms with Gasteiger partial charge in [0, 0.05) is 30.9 Å². The minimum Gasteiger partial charge on any atom is -0.466 e. The molecule has 5 heteroatoms. The summed E-state index contributed by atoms with van der Waals surface area (Å²) >= 11 is 0. The molecule has 0 aromatic heterocycles. The first-order valence-electron chi connectivity index (χ1n) is 9.11. The van der Waals surface area contributed by atoms with Crippen LogP contribution >= 0.6 is 0 Å². The van der Waals surface area contributed by atoms with Crippen LogP contribution in [0.3, 0.4) is 0 Å². The van der Waals surface area contributed by atoms with Crippen molar-refractivity contribution in [1.82, 2.24) is 0 Å². The molecule has 0 saturated heterocycles. The number of methoxy groups -OCH3 is 1. The van der Waals surface area contributed by atoms with Crippen molar-refractivity contribution >= 4 is 11.9 Å². The second-order valence-electron chi connectivity index (χ2n) is 7.75. The monoisotopic (exact) mass is 354 g/mol. The number of rotatable bonds is 6. The average molecular weight is 354 g/mol. The zero-order chi connectivity index (χ0) is 19.3. The van der Waals surface area contributed by atoms with Gasteiger partial charge in [-0.2, -0.15) is 0 Å². The number of hydrogen-bond acceptors (Lipinski definition) is 5. The third-order valence-electron chi connectivity index (χ3n) is 6.25. The van der Waals surface area contributed by atoms with Crippen LogP contribution in [0.25, 0.3) is 0 Å². The average Bonchev–Trinajstić information content (AvgIpc) is 2.87. The molecular weight excluding hydrogens is 320 g/mol. The largest absolute Gasteiger partial charge is 0.466 e. The first-order chi connectivity index (χ1) is 11.6. The minimum absolute atomic E-state index is 0.125. The Kier molecular flexibility index (Phi) is 7.66. The van der Waals surface area contributed by atoms with E-state index < -0.39 is 0 Å². The molecule has 25 heavy (non-hydrogen) atoms. The van der Waals surface area contributed by atoms with Crippen molar-refractivity contribution in [2.75, 3.05) is 20.3 Å². The van der Waals surface area contributed by atoms with E-state index in [1.54, 1.807) is 0 Å². The van der Waals surface area contributed by atoms with Crippen LogP contribution in [0.5, 0.6) is 0 Å². The highest BCUT2D eigenvalue weighted by atomic mass is 16.5. The maximum Gasteiger partial charge on any atom is 0.333 e. The first-order valence-corrected chi connectivity index (χ1v) is 9.11. The van der Waals surface area contributed by atoms with Crippen molar-refractivity contribution < 1.29 is 23.8 Å². The van der Waals surface area contributed by atoms with Gasteiger partial charge in [-0.15, -0.1) is 0 Å². The van der Waals surface area contributed by atoms with Crippen LogP contribution in [0.4, 0.5) is 0 Å². The smallest absolute Gasteiger partial charge is 0.333 e. The van der Waals surface area contributed by atoms with Crippen molar-refractivity contribution in [3.63, 3.8) is 0 Å². The highest BCUT2D eigenvalue weighted by Gasteiger charge is 2.62. The number of fused-ring (bicyclic) bond motifs is 2. The van der Waals surface area contributed by atoms with Gasteiger partial charge in [0.05, 0.1) is 13.7 Å². The molecule has 0 spiro atoms. The number of ether oxygens (including phenoxy) is 3. The van der Waals surface area contributed by atoms with E-state index in [0.29, 0.717) is 30.6 Å². The van der Waals surface area contributed by atoms with Crippen molar-refractivity contribution in [2.24, 2.45) is 16.7 Å². The number of carbonyl (C=O) groups is 2. The van der Waals surface area contributed by atoms with Gasteiger partial charge in [-0.3, -0.25) is 4.79 Å². The summed E-state index contributed by atoms with van der Waals surface area (Å²) in [5, 5.41) is 0. The highest BCUT2D eigenvalue weighted by molar-refractivity contribution is 5.87. The number of esters is 2. The Bertz CT molecular complexity index is 496. The third-order valence-corrected chi connectivity index (χ3v) is 6.25. The van der Waals surface area contributed by atoms with Gasteiger partial charge < -0.3 is 14.2 Å². The van der Waals surface area contributed by atoms with E-state index in [4.69, 9.17) is 9.47 Å². The molecule has 0 radical (unpaired) electrons. The Labute approximate surface area is 152 Å². The van der Waals surface area contributed by atoms with Crippen molar-refractivity contribution in [2.45, 2.75) is 66.4 Å². The van der Waals surface area contributed by atoms with Gasteiger partial charge >= 0.3 is 11.9 Å². The molecule has 0 heterocycles. The maximum absolute atomic E-state index is 11.0. The molecule has 0 amide bonds. The SMILES string of the molecule is C=C(CCOCC)C(=O)OC.CC(=O)O[C@H]1C[C@H]2CC[C@@]1(C)C2(C)C. The Hall–Kier alpha value is -1.36. The van der Waals surface area contributed by atoms with Crippen LogP contribution in [0.15, 0.2) is 12.2 Å². The van der Waals surface area contributed by atoms with Crippen LogP contribution in [0, 0.1) is 16.7 Å². The lowest BCUT2D eigenvalue weighted by molar-refractivity contribution is -0.154. The maximum atomic E-state index is 11.0. The Balaban J connectivity index is 0.000000260. The van der Waals surface area contributed by atoms with Gasteiger partial charge in [0.2, 0.25) is 0 Å². The summed E-state index contributed by atoms with van der Waals surface area (Å²) in [4.78, 5) is 21.7. The van der Waals surface area contributed by atoms with E-state index >= 15 is 0 Å². The van der Waals surface area contributed by atoms with Crippen molar-refractivity contribution in [3.05, 3.63) is 12.2 Å². The molecule has 0 aliphatic heterocycles. The zero-order valence-electron chi connectivity index (χ0n) is 16.6. The molecule has 3 atom stereocenters. The quantitative estimate of drug-likeness (QED) is 0.411. The van der Waals surface area contributed by atoms with Crippen LogP contribution in [0.1, 0.15) is 60.3 Å². The topological polar surface area (TPSA) is 61.8 Å². The van der Waals surface area contributed by atoms with Crippen LogP contribution in [-0.2, 0) is 23.8 Å². The first kappa shape index (κ1) is 21.7. The highest BCUT2D eigenvalue weighted by Crippen LogP contribution is 2.66. The van der Waals surface area contributed by atoms with Crippen LogP contribution < -0.4 is 0 Å². The zero-order valence-corrected chi connectivity index (χ0v) is 16.6. The second kappa shape index (κ2) is 8.84. The fraction of sp³-hybridized carbons (Fsp3) is 0.800. The van der Waals surface area contributed by atoms with E-state index in [2.05, 4.69) is 32.1 Å². The Morgan fingerprint density at radius 2 is 1.88 bits per heavy atom. The summed E-state index contributed by atoms with van der Waals surface area (Å²) in [5.74, 6) is 0.265. The lowest BCUT2D eigenvalue weighted by Crippen LogP contribution is -2.37. The fourth-order valence-corrected chi connectivity index (χ4v) is 4.09. The summed E-state index contributed by atoms with van der Waals surface area (Å²) in [6.45, 7) is 15.1. The Morgan fingerprint density at radius 3 is 2.28 bits per heavy atom. The van der Waals surface area contributed by atoms with Crippen LogP contribution in [-0.4, -0.2) is 38.4 Å². The van der Waals surface area contributed by atoms with Crippen molar-refractivity contribution in [3.8, 4) is 0 Å². The summed E-state index contributed by atoms with van der Waals surface area (Å²) in [6.07, 6.45) is 4.29. The molecule has 0 aromatic rings. The molecular formula is C20H34O5. The molecule has 0 aromatic carbocycles. The minimum atomic E-state index is -0.357. The van der Waals surface area contributed by atoms with E-state index in [1.165, 1.54) is 26.9 Å². The number of hydrogen-bond donors (Lipinski definition) is 0. The van der Waals surface area contributed by atoms with Gasteiger partial charge in [-0.25, -0.2) is 4.79 Å². The molecule has 2 rings (SSSR count). The molecule has 0 N–H and O–H groups in total. The molecule has 2 aliphatic carbocycles. The molecule has 2 saturated carbocycles. The van der Waals surface area contributed by atoms with E-state index in [0.717, 1.165) is 12.3 Å². The van der Waals surface area contributed by atoms with Gasteiger partial charge in [-0.05, 0) is 37.5 Å². The lowest BCUT2D eigenvalue weighted by atomic mass is 9.70. The van der Waals surface area contributed by atoms with Crippen LogP contribution in [0.2, 0.25) is 0 Å². The molecule has 144 valence electrons. The lowest BCUT2D eigenvalue weighted by Gasteiger charge is -2.38. The van der Waals surface area contributed by atoms with Gasteiger partial charge in [0.1, 0.15) is 6.10 Å². The summed E-state index contributed by atoms with van der Waals surface area (Å²) in [5.41, 5.74) is 1.01. The predicted octanol–water partition coefficient (Wildman–Crippen LogP) is 3.91. The predicted molar refractivity (Wildman–Crippen MR) is 97.0 cm³/mol. The summed E-state index contributed by atoms with van der Waals surface area (Å²) < 4.78 is 14.9. The molecule has 2 aliphatic rings. The molecule has 0 unspecified atom stereocenters. The standard InChI is InChI=1S/C12H20O2.C8H14O3/c1-8(13)14-10-7-9-5-6-12(10,4)11(9,2)3;1-4-11-6-5-7(2)8(9)10-3/h9-10H,5-7H2,1-4H3;2,4-6H2,1,3H3/t9-,10+,12-;/m1./s1. The fourth-order valence-electron chi connectivity index (χ4n) is 4.09. The molecule has 5 nitrogen and oxygen atoms in total. The summed E-state index contributed by atoms with van der Waals surface area (Å²) in [7, 11) is 1.34. The van der Waals surface area contributed by atoms with E-state index in [9.17, 15) is 9.59 Å². The summed E-state index contributed by atoms with van der Waals surface area (Å²) in [6, 6.07) is 0. The van der Waals surface area contributed by atoms with E-state index in [1.807, 2.05) is 6.92 Å². The second-order valence-corrected chi connectivity index (χ2v) is 7.75. The number of carbonyl (C=O) groups excluding carboxylic acids is 2. The van der Waals surface area contributed by atoms with E-state index in [-0.39, 0.29) is 23.5 Å².